The maximum Gasteiger partial charge on any atom is 0.306 e. The van der Waals surface area contributed by atoms with Crippen molar-refractivity contribution in [1.29, 1.82) is 0 Å². The zero-order valence-electron chi connectivity index (χ0n) is 17.9. The number of hydrogen-bond donors (Lipinski definition) is 1. The van der Waals surface area contributed by atoms with Gasteiger partial charge < -0.3 is 14.7 Å². The second-order valence-electron chi connectivity index (χ2n) is 8.79. The molecule has 1 N–H and O–H groups in total. The number of aromatic nitrogens is 1. The summed E-state index contributed by atoms with van der Waals surface area (Å²) < 4.78 is 6.67. The first-order chi connectivity index (χ1) is 14.2. The van der Waals surface area contributed by atoms with Gasteiger partial charge in [0.25, 0.3) is 5.56 Å². The van der Waals surface area contributed by atoms with Crippen LogP contribution < -0.4 is 15.8 Å². The van der Waals surface area contributed by atoms with Crippen LogP contribution in [0.1, 0.15) is 33.6 Å². The Morgan fingerprint density at radius 2 is 1.90 bits per heavy atom. The van der Waals surface area contributed by atoms with Crippen LogP contribution in [0, 0.1) is 0 Å². The van der Waals surface area contributed by atoms with Gasteiger partial charge in [-0.1, -0.05) is 0 Å². The molecule has 0 bridgehead atoms. The summed E-state index contributed by atoms with van der Waals surface area (Å²) in [5.74, 6) is -0.390. The molecule has 0 unspecified atom stereocenters. The minimum atomic E-state index is -0.543. The van der Waals surface area contributed by atoms with Gasteiger partial charge in [-0.15, -0.1) is 0 Å². The lowest BCUT2D eigenvalue weighted by atomic mass is 9.99. The second kappa shape index (κ2) is 7.31. The molecule has 0 fully saturated rings. The van der Waals surface area contributed by atoms with Gasteiger partial charge in [0.1, 0.15) is 5.60 Å². The Balaban J connectivity index is 1.77. The molecule has 3 aromatic rings. The predicted octanol–water partition coefficient (Wildman–Crippen LogP) is 2.77. The number of esters is 1. The average Bonchev–Trinajstić information content (AvgIpc) is 2.83. The van der Waals surface area contributed by atoms with Gasteiger partial charge in [-0.2, -0.15) is 0 Å². The number of nitrogens with zero attached hydrogens (tertiary/aromatic N) is 3. The number of aromatic hydroxyl groups is 1. The number of ether oxygens (including phenoxy) is 1. The van der Waals surface area contributed by atoms with E-state index in [9.17, 15) is 14.7 Å². The summed E-state index contributed by atoms with van der Waals surface area (Å²) in [4.78, 5) is 32.0. The van der Waals surface area contributed by atoms with Gasteiger partial charge >= 0.3 is 5.97 Å². The molecule has 1 aliphatic heterocycles. The smallest absolute Gasteiger partial charge is 0.306 e. The standard InChI is InChI=1S/C23H27N3O4/c1-23(2,3)30-18(27)6-5-12-26-21(28)14-7-9-16-20-17(25(4)13-11-24-16)10-8-15(19(14)20)22(26)29/h7-10,29H,5-6,11-13H2,1-4H3. The minimum Gasteiger partial charge on any atom is -0.494 e. The normalized spacial score (nSPS) is 14.1. The topological polar surface area (TPSA) is 84.1 Å². The Morgan fingerprint density at radius 3 is 2.63 bits per heavy atom. The molecule has 1 aliphatic rings. The zero-order chi connectivity index (χ0) is 21.6. The van der Waals surface area contributed by atoms with Crippen molar-refractivity contribution < 1.29 is 14.6 Å². The van der Waals surface area contributed by atoms with Crippen LogP contribution in [0.5, 0.6) is 5.88 Å². The third-order valence-corrected chi connectivity index (χ3v) is 5.40. The number of carbonyl (C=O) groups excluding carboxylic acids is 1. The van der Waals surface area contributed by atoms with E-state index in [1.54, 1.807) is 6.07 Å². The van der Waals surface area contributed by atoms with Gasteiger partial charge in [-0.25, -0.2) is 0 Å². The van der Waals surface area contributed by atoms with E-state index in [4.69, 9.17) is 4.74 Å². The molecule has 158 valence electrons. The Morgan fingerprint density at radius 1 is 1.17 bits per heavy atom. The maximum atomic E-state index is 13.2. The highest BCUT2D eigenvalue weighted by molar-refractivity contribution is 6.15. The predicted molar refractivity (Wildman–Crippen MR) is 117 cm³/mol. The molecule has 2 heterocycles. The molecule has 1 aromatic heterocycles. The molecule has 4 rings (SSSR count). The number of rotatable bonds is 4. The third kappa shape index (κ3) is 3.49. The number of likely N-dealkylation sites (N-methyl/N-ethyl adjacent to an activating group) is 1. The fourth-order valence-corrected chi connectivity index (χ4v) is 4.08. The number of benzene rings is 2. The Labute approximate surface area is 174 Å². The van der Waals surface area contributed by atoms with Crippen LogP contribution in [0.4, 0.5) is 5.69 Å². The van der Waals surface area contributed by atoms with Crippen molar-refractivity contribution in [1.82, 2.24) is 4.57 Å². The minimum absolute atomic E-state index is 0.0766. The van der Waals surface area contributed by atoms with Crippen molar-refractivity contribution in [3.8, 4) is 5.88 Å². The molecular weight excluding hydrogens is 382 g/mol. The highest BCUT2D eigenvalue weighted by atomic mass is 16.6. The molecular formula is C23H27N3O4. The van der Waals surface area contributed by atoms with E-state index in [0.717, 1.165) is 28.4 Å². The number of anilines is 1. The van der Waals surface area contributed by atoms with Gasteiger partial charge in [-0.3, -0.25) is 19.1 Å². The van der Waals surface area contributed by atoms with E-state index in [-0.39, 0.29) is 30.4 Å². The van der Waals surface area contributed by atoms with Crippen molar-refractivity contribution >= 4 is 33.2 Å². The SMILES string of the molecule is CN1CCN=c2ccc3c(=O)n(CCCC(=O)OC(C)(C)C)c(O)c4ccc1c2c43. The van der Waals surface area contributed by atoms with Crippen molar-refractivity contribution in [2.45, 2.75) is 45.8 Å². The summed E-state index contributed by atoms with van der Waals surface area (Å²) in [7, 11) is 2.01. The van der Waals surface area contributed by atoms with Crippen molar-refractivity contribution in [3.63, 3.8) is 0 Å². The monoisotopic (exact) mass is 409 g/mol. The van der Waals surface area contributed by atoms with Crippen molar-refractivity contribution in [2.75, 3.05) is 25.0 Å². The number of hydrogen-bond acceptors (Lipinski definition) is 6. The number of carbonyl (C=O) groups is 1. The Hall–Kier alpha value is -3.09. The van der Waals surface area contributed by atoms with Gasteiger partial charge in [0.05, 0.1) is 11.9 Å². The van der Waals surface area contributed by atoms with E-state index in [2.05, 4.69) is 9.89 Å². The van der Waals surface area contributed by atoms with Crippen LogP contribution in [0.2, 0.25) is 0 Å². The molecule has 0 radical (unpaired) electrons. The largest absolute Gasteiger partial charge is 0.494 e. The lowest BCUT2D eigenvalue weighted by molar-refractivity contribution is -0.154. The second-order valence-corrected chi connectivity index (χ2v) is 8.79. The molecule has 0 atom stereocenters. The summed E-state index contributed by atoms with van der Waals surface area (Å²) in [6.07, 6.45) is 0.579. The number of pyridine rings is 1. The van der Waals surface area contributed by atoms with E-state index < -0.39 is 5.60 Å². The summed E-state index contributed by atoms with van der Waals surface area (Å²) in [5.41, 5.74) is 0.198. The highest BCUT2D eigenvalue weighted by Gasteiger charge is 2.21. The fourth-order valence-electron chi connectivity index (χ4n) is 4.08. The molecule has 7 nitrogen and oxygen atoms in total. The average molecular weight is 409 g/mol. The third-order valence-electron chi connectivity index (χ3n) is 5.40. The van der Waals surface area contributed by atoms with Crippen LogP contribution in [-0.4, -0.2) is 41.4 Å². The molecule has 30 heavy (non-hydrogen) atoms. The molecule has 0 spiro atoms. The van der Waals surface area contributed by atoms with Crippen LogP contribution >= 0.6 is 0 Å². The van der Waals surface area contributed by atoms with Crippen molar-refractivity contribution in [3.05, 3.63) is 40.0 Å². The summed E-state index contributed by atoms with van der Waals surface area (Å²) in [6, 6.07) is 7.49. The van der Waals surface area contributed by atoms with E-state index >= 15 is 0 Å². The molecule has 0 saturated carbocycles. The van der Waals surface area contributed by atoms with Crippen LogP contribution in [0.3, 0.4) is 0 Å². The van der Waals surface area contributed by atoms with E-state index in [1.165, 1.54) is 4.57 Å². The lowest BCUT2D eigenvalue weighted by Crippen LogP contribution is -2.25. The van der Waals surface area contributed by atoms with Gasteiger partial charge in [0.2, 0.25) is 5.88 Å². The molecule has 0 saturated heterocycles. The molecule has 0 amide bonds. The first kappa shape index (κ1) is 20.2. The van der Waals surface area contributed by atoms with Crippen LogP contribution in [0.25, 0.3) is 21.5 Å². The molecule has 2 aromatic carbocycles. The molecule has 7 heteroatoms. The lowest BCUT2D eigenvalue weighted by Gasteiger charge is -2.21. The van der Waals surface area contributed by atoms with Crippen molar-refractivity contribution in [2.24, 2.45) is 4.99 Å². The van der Waals surface area contributed by atoms with E-state index in [0.29, 0.717) is 23.7 Å². The Bertz CT molecular complexity index is 1250. The van der Waals surface area contributed by atoms with Gasteiger partial charge in [0, 0.05) is 53.8 Å². The van der Waals surface area contributed by atoms with Gasteiger partial charge in [-0.05, 0) is 51.5 Å². The van der Waals surface area contributed by atoms with Crippen LogP contribution in [0.15, 0.2) is 34.1 Å². The van der Waals surface area contributed by atoms with Gasteiger partial charge in [0.15, 0.2) is 0 Å². The first-order valence-electron chi connectivity index (χ1n) is 10.3. The molecule has 0 aliphatic carbocycles. The van der Waals surface area contributed by atoms with Crippen LogP contribution in [-0.2, 0) is 16.1 Å². The summed E-state index contributed by atoms with van der Waals surface area (Å²) >= 11 is 0. The quantitative estimate of drug-likeness (QED) is 0.670. The zero-order valence-corrected chi connectivity index (χ0v) is 17.9. The maximum absolute atomic E-state index is 13.2. The Kier molecular flexibility index (Phi) is 4.92. The first-order valence-corrected chi connectivity index (χ1v) is 10.3. The summed E-state index contributed by atoms with van der Waals surface area (Å²) in [6.45, 7) is 7.16. The fraction of sp³-hybridized carbons (Fsp3) is 0.435. The highest BCUT2D eigenvalue weighted by Crippen LogP contribution is 2.35. The van der Waals surface area contributed by atoms with E-state index in [1.807, 2.05) is 46.0 Å². The summed E-state index contributed by atoms with van der Waals surface area (Å²) in [5, 5.41) is 14.6.